The lowest BCUT2D eigenvalue weighted by Gasteiger charge is -2.67. The highest BCUT2D eigenvalue weighted by atomic mass is 16.4. The Balaban J connectivity index is 1.76. The highest BCUT2D eigenvalue weighted by molar-refractivity contribution is 6.14. The average molecular weight is 376 g/mol. The molecule has 0 amide bonds. The van der Waals surface area contributed by atoms with Crippen LogP contribution in [0.1, 0.15) is 36.8 Å². The van der Waals surface area contributed by atoms with Crippen LogP contribution in [-0.4, -0.2) is 32.5 Å². The van der Waals surface area contributed by atoms with Gasteiger partial charge in [-0.15, -0.1) is 0 Å². The molecular weight excluding hydrogens is 352 g/mol. The first kappa shape index (κ1) is 17.4. The Morgan fingerprint density at radius 1 is 0.857 bits per heavy atom. The maximum atomic E-state index is 12.0. The number of nitrogens with zero attached hydrogens (tertiary/aromatic N) is 2. The minimum absolute atomic E-state index is 0.0120. The predicted molar refractivity (Wildman–Crippen MR) is 106 cm³/mol. The predicted octanol–water partition coefficient (Wildman–Crippen LogP) is 3.79. The number of rotatable bonds is 2. The lowest BCUT2D eigenvalue weighted by molar-refractivity contribution is -0.121. The molecule has 5 heteroatoms. The van der Waals surface area contributed by atoms with E-state index >= 15 is 0 Å². The van der Waals surface area contributed by atoms with Crippen molar-refractivity contribution in [2.45, 2.75) is 36.7 Å². The van der Waals surface area contributed by atoms with Gasteiger partial charge in [0.15, 0.2) is 0 Å². The molecule has 0 heterocycles. The van der Waals surface area contributed by atoms with Gasteiger partial charge in [-0.05, 0) is 30.9 Å². The van der Waals surface area contributed by atoms with Crippen LogP contribution < -0.4 is 0 Å². The van der Waals surface area contributed by atoms with Crippen LogP contribution in [0.3, 0.4) is 0 Å². The maximum Gasteiger partial charge on any atom is 0.0804 e. The van der Waals surface area contributed by atoms with E-state index in [1.54, 1.807) is 0 Å². The second-order valence-electron chi connectivity index (χ2n) is 8.63. The highest BCUT2D eigenvalue weighted by Crippen LogP contribution is 2.67. The van der Waals surface area contributed by atoms with Crippen molar-refractivity contribution in [1.82, 2.24) is 0 Å². The van der Waals surface area contributed by atoms with E-state index in [2.05, 4.69) is 22.4 Å². The van der Waals surface area contributed by atoms with Crippen LogP contribution >= 0.6 is 0 Å². The van der Waals surface area contributed by atoms with Gasteiger partial charge in [0, 0.05) is 29.1 Å². The van der Waals surface area contributed by atoms with Crippen LogP contribution in [-0.2, 0) is 5.41 Å². The molecule has 2 aromatic carbocycles. The summed E-state index contributed by atoms with van der Waals surface area (Å²) in [5, 5.41) is 39.1. The highest BCUT2D eigenvalue weighted by Gasteiger charge is 2.71. The van der Waals surface area contributed by atoms with Crippen LogP contribution in [0.15, 0.2) is 71.0 Å². The Bertz CT molecular complexity index is 954. The maximum absolute atomic E-state index is 12.0. The molecule has 4 aliphatic carbocycles. The van der Waals surface area contributed by atoms with E-state index in [0.717, 1.165) is 11.1 Å². The molecule has 0 spiro atoms. The van der Waals surface area contributed by atoms with E-state index in [1.165, 1.54) is 0 Å². The standard InChI is InChI=1S/C23H24N2O3/c1-22(26)19-18(14-8-4-2-5-9-14)16-12-23(22,15-10-6-3-7-11-15)13-17(20(16)24-27)21(19)25-28/h2-11,16-19,26-28H,12-13H2,1H3/b24-20+,25-21+. The van der Waals surface area contributed by atoms with E-state index in [0.29, 0.717) is 24.3 Å². The van der Waals surface area contributed by atoms with E-state index in [-0.39, 0.29) is 23.7 Å². The van der Waals surface area contributed by atoms with Gasteiger partial charge in [0.1, 0.15) is 0 Å². The van der Waals surface area contributed by atoms with Gasteiger partial charge < -0.3 is 15.5 Å². The molecule has 6 rings (SSSR count). The number of benzene rings is 2. The zero-order valence-corrected chi connectivity index (χ0v) is 15.7. The number of hydrogen-bond acceptors (Lipinski definition) is 5. The van der Waals surface area contributed by atoms with Gasteiger partial charge in [-0.25, -0.2) is 0 Å². The first-order valence-corrected chi connectivity index (χ1v) is 9.81. The topological polar surface area (TPSA) is 85.4 Å². The lowest BCUT2D eigenvalue weighted by atomic mass is 9.37. The third-order valence-electron chi connectivity index (χ3n) is 7.64. The molecule has 5 nitrogen and oxygen atoms in total. The molecule has 144 valence electrons. The Kier molecular flexibility index (Phi) is 3.68. The molecule has 0 saturated heterocycles. The summed E-state index contributed by atoms with van der Waals surface area (Å²) in [7, 11) is 0. The number of hydrogen-bond donors (Lipinski definition) is 3. The number of oxime groups is 2. The van der Waals surface area contributed by atoms with E-state index < -0.39 is 11.0 Å². The summed E-state index contributed by atoms with van der Waals surface area (Å²) < 4.78 is 0. The summed E-state index contributed by atoms with van der Waals surface area (Å²) >= 11 is 0. The fourth-order valence-electron chi connectivity index (χ4n) is 6.48. The quantitative estimate of drug-likeness (QED) is 0.551. The average Bonchev–Trinajstić information content (AvgIpc) is 2.72. The summed E-state index contributed by atoms with van der Waals surface area (Å²) in [6.45, 7) is 1.89. The molecule has 3 N–H and O–H groups in total. The molecule has 0 radical (unpaired) electrons. The molecule has 4 saturated carbocycles. The van der Waals surface area contributed by atoms with Gasteiger partial charge in [-0.1, -0.05) is 71.0 Å². The van der Waals surface area contributed by atoms with Crippen LogP contribution in [0.25, 0.3) is 0 Å². The van der Waals surface area contributed by atoms with Gasteiger partial charge in [-0.3, -0.25) is 0 Å². The Morgan fingerprint density at radius 3 is 2.07 bits per heavy atom. The van der Waals surface area contributed by atoms with Crippen molar-refractivity contribution in [2.24, 2.45) is 28.1 Å². The van der Waals surface area contributed by atoms with Gasteiger partial charge in [0.2, 0.25) is 0 Å². The SMILES string of the molecule is CC1(O)C2/C(=N/O)C3CC1(c1ccccc1)CC(/C3=N\O)C2c1ccccc1. The summed E-state index contributed by atoms with van der Waals surface area (Å²) in [5.41, 5.74) is 1.82. The van der Waals surface area contributed by atoms with Crippen LogP contribution in [0, 0.1) is 17.8 Å². The first-order chi connectivity index (χ1) is 13.5. The minimum Gasteiger partial charge on any atom is -0.411 e. The minimum atomic E-state index is -1.09. The monoisotopic (exact) mass is 376 g/mol. The smallest absolute Gasteiger partial charge is 0.0804 e. The Morgan fingerprint density at radius 2 is 1.46 bits per heavy atom. The largest absolute Gasteiger partial charge is 0.411 e. The fourth-order valence-corrected chi connectivity index (χ4v) is 6.48. The summed E-state index contributed by atoms with van der Waals surface area (Å²) in [6.07, 6.45) is 1.28. The Hall–Kier alpha value is -2.66. The van der Waals surface area contributed by atoms with Crippen molar-refractivity contribution in [3.05, 3.63) is 71.8 Å². The van der Waals surface area contributed by atoms with Crippen molar-refractivity contribution >= 4 is 11.4 Å². The van der Waals surface area contributed by atoms with Gasteiger partial charge in [0.25, 0.3) is 0 Å². The summed E-state index contributed by atoms with van der Waals surface area (Å²) in [5.74, 6) is -0.703. The normalized spacial score (nSPS) is 41.6. The molecular formula is C23H24N2O3. The van der Waals surface area contributed by atoms with Gasteiger partial charge in [-0.2, -0.15) is 0 Å². The molecule has 0 aliphatic heterocycles. The van der Waals surface area contributed by atoms with Gasteiger partial charge >= 0.3 is 0 Å². The van der Waals surface area contributed by atoms with E-state index in [1.807, 2.05) is 55.5 Å². The van der Waals surface area contributed by atoms with Crippen LogP contribution in [0.4, 0.5) is 0 Å². The van der Waals surface area contributed by atoms with Gasteiger partial charge in [0.05, 0.1) is 17.0 Å². The van der Waals surface area contributed by atoms with E-state index in [4.69, 9.17) is 0 Å². The zero-order valence-electron chi connectivity index (χ0n) is 15.7. The van der Waals surface area contributed by atoms with Crippen LogP contribution in [0.5, 0.6) is 0 Å². The third-order valence-corrected chi connectivity index (χ3v) is 7.64. The third kappa shape index (κ3) is 2.00. The first-order valence-electron chi connectivity index (χ1n) is 9.81. The van der Waals surface area contributed by atoms with Crippen LogP contribution in [0.2, 0.25) is 0 Å². The second-order valence-corrected chi connectivity index (χ2v) is 8.63. The summed E-state index contributed by atoms with van der Waals surface area (Å²) in [6, 6.07) is 20.1. The van der Waals surface area contributed by atoms with Crippen molar-refractivity contribution in [2.75, 3.05) is 0 Å². The molecule has 4 aliphatic rings. The van der Waals surface area contributed by atoms with Crippen molar-refractivity contribution < 1.29 is 15.5 Å². The van der Waals surface area contributed by atoms with Crippen molar-refractivity contribution in [1.29, 1.82) is 0 Å². The van der Waals surface area contributed by atoms with E-state index in [9.17, 15) is 15.5 Å². The molecule has 6 unspecified atom stereocenters. The zero-order chi connectivity index (χ0) is 19.5. The molecule has 2 aromatic rings. The Labute approximate surface area is 164 Å². The molecule has 4 fully saturated rings. The van der Waals surface area contributed by atoms with Crippen molar-refractivity contribution in [3.63, 3.8) is 0 Å². The molecule has 6 atom stereocenters. The molecule has 4 bridgehead atoms. The fraction of sp³-hybridized carbons (Fsp3) is 0.391. The number of aliphatic hydroxyl groups is 1. The lowest BCUT2D eigenvalue weighted by Crippen LogP contribution is -2.73. The second kappa shape index (κ2) is 5.92. The van der Waals surface area contributed by atoms with Crippen molar-refractivity contribution in [3.8, 4) is 0 Å². The molecule has 0 aromatic heterocycles. The summed E-state index contributed by atoms with van der Waals surface area (Å²) in [4.78, 5) is 0. The molecule has 28 heavy (non-hydrogen) atoms.